The summed E-state index contributed by atoms with van der Waals surface area (Å²) in [5, 5.41) is 4.56. The molecule has 0 N–H and O–H groups in total. The fourth-order valence-electron chi connectivity index (χ4n) is 1.26. The highest BCUT2D eigenvalue weighted by molar-refractivity contribution is 6.30. The number of benzene rings is 1. The molecule has 0 amide bonds. The predicted octanol–water partition coefficient (Wildman–Crippen LogP) is 3.21. The number of rotatable bonds is 3. The third-order valence-corrected chi connectivity index (χ3v) is 2.26. The predicted molar refractivity (Wildman–Crippen MR) is 62.0 cm³/mol. The molecule has 1 aromatic carbocycles. The Morgan fingerprint density at radius 3 is 2.69 bits per heavy atom. The van der Waals surface area contributed by atoms with Crippen LogP contribution in [0.1, 0.15) is 5.76 Å². The summed E-state index contributed by atoms with van der Waals surface area (Å²) in [6.07, 6.45) is 3.59. The van der Waals surface area contributed by atoms with Crippen molar-refractivity contribution >= 4 is 24.0 Å². The monoisotopic (exact) mass is 233 g/mol. The summed E-state index contributed by atoms with van der Waals surface area (Å²) in [6.45, 7) is 0. The zero-order chi connectivity index (χ0) is 11.4. The van der Waals surface area contributed by atoms with Crippen molar-refractivity contribution in [3.8, 4) is 11.3 Å². The molecular weight excluding hydrogens is 226 g/mol. The van der Waals surface area contributed by atoms with Crippen LogP contribution in [0.3, 0.4) is 0 Å². The van der Waals surface area contributed by atoms with Crippen molar-refractivity contribution in [3.63, 3.8) is 0 Å². The first-order chi connectivity index (χ1) is 7.79. The molecule has 0 bridgehead atoms. The van der Waals surface area contributed by atoms with E-state index >= 15 is 0 Å². The number of allylic oxidation sites excluding steroid dienone is 1. The molecular formula is C12H8ClNO2. The van der Waals surface area contributed by atoms with E-state index in [0.717, 1.165) is 5.56 Å². The molecule has 2 aromatic rings. The molecule has 1 heterocycles. The number of nitrogens with zero attached hydrogens (tertiary/aromatic N) is 1. The van der Waals surface area contributed by atoms with Crippen molar-refractivity contribution in [1.29, 1.82) is 0 Å². The van der Waals surface area contributed by atoms with Gasteiger partial charge in [0, 0.05) is 16.7 Å². The highest BCUT2D eigenvalue weighted by Gasteiger charge is 2.03. The Hall–Kier alpha value is -1.87. The van der Waals surface area contributed by atoms with Gasteiger partial charge in [0.05, 0.1) is 0 Å². The average Bonchev–Trinajstić information content (AvgIpc) is 2.76. The molecule has 0 radical (unpaired) electrons. The van der Waals surface area contributed by atoms with Crippen molar-refractivity contribution in [1.82, 2.24) is 5.16 Å². The van der Waals surface area contributed by atoms with Crippen LogP contribution in [-0.4, -0.2) is 11.4 Å². The molecule has 0 fully saturated rings. The van der Waals surface area contributed by atoms with E-state index in [2.05, 4.69) is 5.16 Å². The Morgan fingerprint density at radius 1 is 1.25 bits per heavy atom. The highest BCUT2D eigenvalue weighted by Crippen LogP contribution is 2.21. The molecule has 0 saturated heterocycles. The smallest absolute Gasteiger partial charge is 0.160 e. The fraction of sp³-hybridized carbons (Fsp3) is 0. The molecule has 0 atom stereocenters. The first kappa shape index (κ1) is 10.6. The quantitative estimate of drug-likeness (QED) is 0.604. The second kappa shape index (κ2) is 4.77. The van der Waals surface area contributed by atoms with E-state index < -0.39 is 0 Å². The van der Waals surface area contributed by atoms with Gasteiger partial charge in [-0.3, -0.25) is 4.79 Å². The molecule has 3 nitrogen and oxygen atoms in total. The third kappa shape index (κ3) is 2.38. The van der Waals surface area contributed by atoms with Gasteiger partial charge >= 0.3 is 0 Å². The van der Waals surface area contributed by atoms with Crippen LogP contribution in [0.2, 0.25) is 5.02 Å². The van der Waals surface area contributed by atoms with Gasteiger partial charge in [0.1, 0.15) is 12.0 Å². The fourth-order valence-corrected chi connectivity index (χ4v) is 1.38. The summed E-state index contributed by atoms with van der Waals surface area (Å²) in [5.41, 5.74) is 1.63. The Balaban J connectivity index is 2.27. The van der Waals surface area contributed by atoms with Crippen LogP contribution < -0.4 is 0 Å². The maximum atomic E-state index is 10.1. The average molecular weight is 234 g/mol. The summed E-state index contributed by atoms with van der Waals surface area (Å²) in [7, 11) is 0. The lowest BCUT2D eigenvalue weighted by Crippen LogP contribution is -1.74. The van der Waals surface area contributed by atoms with Gasteiger partial charge in [0.15, 0.2) is 5.76 Å². The highest BCUT2D eigenvalue weighted by atomic mass is 35.5. The number of aldehydes is 1. The number of carbonyl (C=O) groups is 1. The minimum atomic E-state index is 0.539. The van der Waals surface area contributed by atoms with E-state index in [0.29, 0.717) is 22.8 Å². The summed E-state index contributed by atoms with van der Waals surface area (Å²) < 4.78 is 5.02. The molecule has 80 valence electrons. The number of hydrogen-bond acceptors (Lipinski definition) is 3. The molecule has 2 rings (SSSR count). The summed E-state index contributed by atoms with van der Waals surface area (Å²) >= 11 is 5.78. The maximum Gasteiger partial charge on any atom is 0.160 e. The molecule has 0 unspecified atom stereocenters. The van der Waals surface area contributed by atoms with Gasteiger partial charge in [-0.25, -0.2) is 0 Å². The Bertz CT molecular complexity index is 514. The van der Waals surface area contributed by atoms with Gasteiger partial charge in [-0.2, -0.15) is 0 Å². The van der Waals surface area contributed by atoms with Gasteiger partial charge in [0.25, 0.3) is 0 Å². The van der Waals surface area contributed by atoms with Gasteiger partial charge in [0.2, 0.25) is 0 Å². The lowest BCUT2D eigenvalue weighted by Gasteiger charge is -1.93. The molecule has 0 saturated carbocycles. The maximum absolute atomic E-state index is 10.1. The molecule has 4 heteroatoms. The van der Waals surface area contributed by atoms with E-state index in [9.17, 15) is 4.79 Å². The second-order valence-corrected chi connectivity index (χ2v) is 3.55. The SMILES string of the molecule is O=C/C=C/c1cc(-c2ccc(Cl)cc2)no1. The van der Waals surface area contributed by atoms with Crippen molar-refractivity contribution < 1.29 is 9.32 Å². The molecule has 0 aliphatic rings. The van der Waals surface area contributed by atoms with Crippen molar-refractivity contribution in [2.45, 2.75) is 0 Å². The van der Waals surface area contributed by atoms with Crippen LogP contribution in [0.4, 0.5) is 0 Å². The van der Waals surface area contributed by atoms with Crippen molar-refractivity contribution in [2.75, 3.05) is 0 Å². The van der Waals surface area contributed by atoms with E-state index in [1.54, 1.807) is 24.3 Å². The number of carbonyl (C=O) groups excluding carboxylic acids is 1. The largest absolute Gasteiger partial charge is 0.356 e. The molecule has 0 aliphatic carbocycles. The standard InChI is InChI=1S/C12H8ClNO2/c13-10-5-3-9(4-6-10)12-8-11(16-14-12)2-1-7-15/h1-8H/b2-1+. The van der Waals surface area contributed by atoms with Crippen LogP contribution in [0.5, 0.6) is 0 Å². The molecule has 1 aromatic heterocycles. The Kier molecular flexibility index (Phi) is 3.17. The number of hydrogen-bond donors (Lipinski definition) is 0. The van der Waals surface area contributed by atoms with Crippen LogP contribution in [-0.2, 0) is 4.79 Å². The lowest BCUT2D eigenvalue weighted by molar-refractivity contribution is -0.104. The normalized spacial score (nSPS) is 10.8. The summed E-state index contributed by atoms with van der Waals surface area (Å²) in [6, 6.07) is 9.03. The van der Waals surface area contributed by atoms with E-state index in [4.69, 9.17) is 16.1 Å². The van der Waals surface area contributed by atoms with Gasteiger partial charge in [-0.05, 0) is 24.3 Å². The minimum absolute atomic E-state index is 0.539. The topological polar surface area (TPSA) is 43.1 Å². The van der Waals surface area contributed by atoms with Crippen LogP contribution in [0.25, 0.3) is 17.3 Å². The van der Waals surface area contributed by atoms with Gasteiger partial charge in [-0.1, -0.05) is 28.9 Å². The Morgan fingerprint density at radius 2 is 2.00 bits per heavy atom. The minimum Gasteiger partial charge on any atom is -0.356 e. The zero-order valence-electron chi connectivity index (χ0n) is 8.26. The lowest BCUT2D eigenvalue weighted by atomic mass is 10.1. The number of halogens is 1. The van der Waals surface area contributed by atoms with Gasteiger partial charge in [-0.15, -0.1) is 0 Å². The zero-order valence-corrected chi connectivity index (χ0v) is 9.02. The number of aromatic nitrogens is 1. The van der Waals surface area contributed by atoms with Crippen molar-refractivity contribution in [3.05, 3.63) is 47.2 Å². The van der Waals surface area contributed by atoms with Gasteiger partial charge < -0.3 is 4.52 Å². The summed E-state index contributed by atoms with van der Waals surface area (Å²) in [5.74, 6) is 0.539. The third-order valence-electron chi connectivity index (χ3n) is 2.01. The van der Waals surface area contributed by atoms with Crippen LogP contribution in [0, 0.1) is 0 Å². The molecule has 16 heavy (non-hydrogen) atoms. The summed E-state index contributed by atoms with van der Waals surface area (Å²) in [4.78, 5) is 10.1. The van der Waals surface area contributed by atoms with Crippen molar-refractivity contribution in [2.24, 2.45) is 0 Å². The first-order valence-corrected chi connectivity index (χ1v) is 5.02. The molecule has 0 spiro atoms. The van der Waals surface area contributed by atoms with E-state index in [1.807, 2.05) is 12.1 Å². The van der Waals surface area contributed by atoms with E-state index in [1.165, 1.54) is 6.08 Å². The van der Waals surface area contributed by atoms with Crippen LogP contribution >= 0.6 is 11.6 Å². The Labute approximate surface area is 97.3 Å². The first-order valence-electron chi connectivity index (χ1n) is 4.64. The second-order valence-electron chi connectivity index (χ2n) is 3.12. The van der Waals surface area contributed by atoms with Crippen LogP contribution in [0.15, 0.2) is 40.9 Å². The molecule has 0 aliphatic heterocycles. The van der Waals surface area contributed by atoms with E-state index in [-0.39, 0.29) is 0 Å².